The van der Waals surface area contributed by atoms with E-state index in [2.05, 4.69) is 10.1 Å². The number of hydrogen-bond donors (Lipinski definition) is 0. The summed E-state index contributed by atoms with van der Waals surface area (Å²) >= 11 is 0. The smallest absolute Gasteiger partial charge is 0.343 e. The lowest BCUT2D eigenvalue weighted by atomic mass is 10.1. The molecular weight excluding hydrogens is 440 g/mol. The number of amides is 1. The van der Waals surface area contributed by atoms with E-state index >= 15 is 0 Å². The Labute approximate surface area is 196 Å². The maximum atomic E-state index is 13.0. The first kappa shape index (κ1) is 23.2. The minimum atomic E-state index is -0.602. The van der Waals surface area contributed by atoms with Gasteiger partial charge in [0.05, 0.1) is 24.9 Å². The highest BCUT2D eigenvalue weighted by molar-refractivity contribution is 5.93. The fourth-order valence-electron chi connectivity index (χ4n) is 4.09. The Balaban J connectivity index is 1.60. The minimum absolute atomic E-state index is 0.0930. The van der Waals surface area contributed by atoms with Crippen LogP contribution in [0.3, 0.4) is 0 Å². The first-order valence-corrected chi connectivity index (χ1v) is 11.0. The molecule has 0 atom stereocenters. The van der Waals surface area contributed by atoms with E-state index in [0.717, 1.165) is 5.56 Å². The molecule has 0 radical (unpaired) electrons. The molecule has 0 aliphatic carbocycles. The molecule has 10 nitrogen and oxygen atoms in total. The average Bonchev–Trinajstić information content (AvgIpc) is 3.02. The highest BCUT2D eigenvalue weighted by Crippen LogP contribution is 2.25. The minimum Gasteiger partial charge on any atom is -0.486 e. The normalized spacial score (nSPS) is 13.2. The number of pyridine rings is 2. The van der Waals surface area contributed by atoms with Crippen molar-refractivity contribution in [2.45, 2.75) is 39.8 Å². The molecule has 0 unspecified atom stereocenters. The lowest BCUT2D eigenvalue weighted by molar-refractivity contribution is -0.130. The van der Waals surface area contributed by atoms with Crippen LogP contribution >= 0.6 is 0 Å². The van der Waals surface area contributed by atoms with E-state index in [1.165, 1.54) is 17.7 Å². The van der Waals surface area contributed by atoms with Gasteiger partial charge >= 0.3 is 5.97 Å². The number of rotatable bonds is 6. The van der Waals surface area contributed by atoms with Crippen LogP contribution in [-0.4, -0.2) is 51.7 Å². The highest BCUT2D eigenvalue weighted by atomic mass is 16.5. The zero-order valence-electron chi connectivity index (χ0n) is 19.4. The van der Waals surface area contributed by atoms with Crippen LogP contribution < -0.4 is 10.3 Å². The summed E-state index contributed by atoms with van der Waals surface area (Å²) in [5.74, 6) is 0.0591. The average molecular weight is 466 g/mol. The summed E-state index contributed by atoms with van der Waals surface area (Å²) in [7, 11) is 1.28. The van der Waals surface area contributed by atoms with Crippen molar-refractivity contribution in [3.8, 4) is 5.75 Å². The number of carbonyl (C=O) groups excluding carboxylic acids is 2. The van der Waals surface area contributed by atoms with Gasteiger partial charge in [0, 0.05) is 49.6 Å². The van der Waals surface area contributed by atoms with E-state index in [1.807, 2.05) is 6.07 Å². The van der Waals surface area contributed by atoms with E-state index in [9.17, 15) is 14.4 Å². The number of hydrogen-bond acceptors (Lipinski definition) is 8. The van der Waals surface area contributed by atoms with Crippen LogP contribution in [0.5, 0.6) is 5.75 Å². The Hall–Kier alpha value is -3.95. The molecule has 0 saturated carbocycles. The molecule has 0 bridgehead atoms. The number of ether oxygens (including phenoxy) is 2. The second-order valence-electron chi connectivity index (χ2n) is 8.03. The number of aryl methyl sites for hydroxylation is 2. The Bertz CT molecular complexity index is 1240. The monoisotopic (exact) mass is 466 g/mol. The van der Waals surface area contributed by atoms with Crippen LogP contribution in [0.4, 0.5) is 0 Å². The SMILES string of the molecule is COC(=O)c1c(OCc2ccccn2)cc(=O)n2c1CCN(C(=O)Cc1c(C)noc1C)CC2. The van der Waals surface area contributed by atoms with Crippen molar-refractivity contribution in [3.63, 3.8) is 0 Å². The van der Waals surface area contributed by atoms with Gasteiger partial charge in [-0.3, -0.25) is 14.6 Å². The first-order valence-electron chi connectivity index (χ1n) is 11.0. The van der Waals surface area contributed by atoms with Gasteiger partial charge in [-0.15, -0.1) is 0 Å². The van der Waals surface area contributed by atoms with Crippen molar-refractivity contribution in [1.82, 2.24) is 19.6 Å². The second kappa shape index (κ2) is 9.90. The molecule has 0 fully saturated rings. The third-order valence-electron chi connectivity index (χ3n) is 5.95. The van der Waals surface area contributed by atoms with Gasteiger partial charge < -0.3 is 23.5 Å². The topological polar surface area (TPSA) is 117 Å². The van der Waals surface area contributed by atoms with E-state index in [4.69, 9.17) is 14.0 Å². The van der Waals surface area contributed by atoms with Crippen LogP contribution in [0.25, 0.3) is 0 Å². The molecule has 3 aromatic rings. The summed E-state index contributed by atoms with van der Waals surface area (Å²) in [6.07, 6.45) is 2.10. The quantitative estimate of drug-likeness (QED) is 0.505. The van der Waals surface area contributed by atoms with Crippen LogP contribution in [0.1, 0.15) is 38.8 Å². The van der Waals surface area contributed by atoms with Gasteiger partial charge in [-0.1, -0.05) is 11.2 Å². The molecule has 178 valence electrons. The van der Waals surface area contributed by atoms with Crippen molar-refractivity contribution in [2.24, 2.45) is 0 Å². The van der Waals surface area contributed by atoms with Crippen LogP contribution in [-0.2, 0) is 35.5 Å². The maximum Gasteiger partial charge on any atom is 0.343 e. The third-order valence-corrected chi connectivity index (χ3v) is 5.95. The number of nitrogens with zero attached hydrogens (tertiary/aromatic N) is 4. The highest BCUT2D eigenvalue weighted by Gasteiger charge is 2.28. The standard InChI is InChI=1S/C24H26N4O6/c1-15-18(16(2)34-26-15)12-21(29)27-9-7-19-23(24(31)32-3)20(13-22(30)28(19)11-10-27)33-14-17-6-4-5-8-25-17/h4-6,8,13H,7,9-12,14H2,1-3H3. The molecule has 1 aliphatic rings. The Kier molecular flexibility index (Phi) is 6.76. The first-order chi connectivity index (χ1) is 16.4. The number of esters is 1. The number of aromatic nitrogens is 3. The summed E-state index contributed by atoms with van der Waals surface area (Å²) in [4.78, 5) is 44.5. The number of carbonyl (C=O) groups is 2. The Morgan fingerprint density at radius 1 is 1.18 bits per heavy atom. The summed E-state index contributed by atoms with van der Waals surface area (Å²) in [5, 5.41) is 3.91. The van der Waals surface area contributed by atoms with Crippen molar-refractivity contribution >= 4 is 11.9 Å². The third kappa shape index (κ3) is 4.70. The summed E-state index contributed by atoms with van der Waals surface area (Å²) in [6, 6.07) is 6.69. The van der Waals surface area contributed by atoms with Gasteiger partial charge in [0.2, 0.25) is 5.91 Å². The predicted molar refractivity (Wildman–Crippen MR) is 121 cm³/mol. The van der Waals surface area contributed by atoms with Crippen molar-refractivity contribution < 1.29 is 23.6 Å². The molecule has 1 aliphatic heterocycles. The molecule has 0 saturated heterocycles. The van der Waals surface area contributed by atoms with Gasteiger partial charge in [0.1, 0.15) is 23.7 Å². The number of fused-ring (bicyclic) bond motifs is 1. The molecule has 1 amide bonds. The van der Waals surface area contributed by atoms with Crippen molar-refractivity contribution in [1.29, 1.82) is 0 Å². The molecule has 10 heteroatoms. The van der Waals surface area contributed by atoms with Gasteiger partial charge in [-0.2, -0.15) is 0 Å². The molecule has 4 rings (SSSR count). The van der Waals surface area contributed by atoms with Gasteiger partial charge in [0.15, 0.2) is 0 Å². The second-order valence-corrected chi connectivity index (χ2v) is 8.03. The molecule has 34 heavy (non-hydrogen) atoms. The fourth-order valence-corrected chi connectivity index (χ4v) is 4.09. The predicted octanol–water partition coefficient (Wildman–Crippen LogP) is 1.84. The molecule has 0 spiro atoms. The summed E-state index contributed by atoms with van der Waals surface area (Å²) < 4.78 is 17.5. The molecule has 0 aromatic carbocycles. The molecule has 4 heterocycles. The van der Waals surface area contributed by atoms with Crippen molar-refractivity contribution in [3.05, 3.63) is 74.8 Å². The van der Waals surface area contributed by atoms with Gasteiger partial charge in [0.25, 0.3) is 5.56 Å². The van der Waals surface area contributed by atoms with Crippen LogP contribution in [0.2, 0.25) is 0 Å². The molecule has 3 aromatic heterocycles. The molecular formula is C24H26N4O6. The lowest BCUT2D eigenvalue weighted by Gasteiger charge is -2.19. The van der Waals surface area contributed by atoms with Crippen LogP contribution in [0, 0.1) is 13.8 Å². The lowest BCUT2D eigenvalue weighted by Crippen LogP contribution is -2.35. The summed E-state index contributed by atoms with van der Waals surface area (Å²) in [5.41, 5.74) is 2.48. The van der Waals surface area contributed by atoms with Crippen LogP contribution in [0.15, 0.2) is 39.8 Å². The van der Waals surface area contributed by atoms with E-state index in [-0.39, 0.29) is 42.4 Å². The van der Waals surface area contributed by atoms with Gasteiger partial charge in [-0.25, -0.2) is 4.79 Å². The van der Waals surface area contributed by atoms with E-state index < -0.39 is 5.97 Å². The Morgan fingerprint density at radius 3 is 2.68 bits per heavy atom. The number of methoxy groups -OCH3 is 1. The Morgan fingerprint density at radius 2 is 2.00 bits per heavy atom. The maximum absolute atomic E-state index is 13.0. The zero-order valence-corrected chi connectivity index (χ0v) is 19.4. The van der Waals surface area contributed by atoms with E-state index in [1.54, 1.807) is 37.1 Å². The largest absolute Gasteiger partial charge is 0.486 e. The fraction of sp³-hybridized carbons (Fsp3) is 0.375. The zero-order chi connectivity index (χ0) is 24.2. The summed E-state index contributed by atoms with van der Waals surface area (Å²) in [6.45, 7) is 4.60. The van der Waals surface area contributed by atoms with Crippen molar-refractivity contribution in [2.75, 3.05) is 20.2 Å². The van der Waals surface area contributed by atoms with Gasteiger partial charge in [-0.05, 0) is 26.0 Å². The van der Waals surface area contributed by atoms with E-state index in [0.29, 0.717) is 42.4 Å². The molecule has 0 N–H and O–H groups in total.